The Balaban J connectivity index is 2.16. The van der Waals surface area contributed by atoms with Crippen LogP contribution in [0.4, 0.5) is 10.1 Å². The molecule has 4 heteroatoms. The van der Waals surface area contributed by atoms with E-state index in [0.29, 0.717) is 22.3 Å². The summed E-state index contributed by atoms with van der Waals surface area (Å²) in [6.07, 6.45) is 1.59. The van der Waals surface area contributed by atoms with Crippen molar-refractivity contribution in [3.8, 4) is 11.5 Å². The van der Waals surface area contributed by atoms with Gasteiger partial charge in [-0.05, 0) is 49.2 Å². The van der Waals surface area contributed by atoms with Gasteiger partial charge >= 0.3 is 0 Å². The Morgan fingerprint density at radius 2 is 1.81 bits per heavy atom. The van der Waals surface area contributed by atoms with Crippen molar-refractivity contribution in [2.24, 2.45) is 0 Å². The number of hydrogen-bond donors (Lipinski definition) is 1. The van der Waals surface area contributed by atoms with Gasteiger partial charge in [-0.15, -0.1) is 0 Å². The summed E-state index contributed by atoms with van der Waals surface area (Å²) in [6.45, 7) is 3.94. The third-order valence-electron chi connectivity index (χ3n) is 3.25. The molecule has 0 bridgehead atoms. The SMILES string of the molecule is Cc1cc(C)cc(Oc2c(F)cc(N)c3cccnc23)c1. The van der Waals surface area contributed by atoms with Crippen molar-refractivity contribution in [2.75, 3.05) is 5.73 Å². The van der Waals surface area contributed by atoms with Crippen LogP contribution in [0.5, 0.6) is 11.5 Å². The first-order valence-electron chi connectivity index (χ1n) is 6.63. The van der Waals surface area contributed by atoms with Crippen molar-refractivity contribution in [2.45, 2.75) is 13.8 Å². The topological polar surface area (TPSA) is 48.1 Å². The standard InChI is InChI=1S/C17H15FN2O/c1-10-6-11(2)8-12(7-10)21-17-14(18)9-15(19)13-4-3-5-20-16(13)17/h3-9H,19H2,1-2H3. The highest BCUT2D eigenvalue weighted by atomic mass is 19.1. The highest BCUT2D eigenvalue weighted by molar-refractivity contribution is 5.94. The van der Waals surface area contributed by atoms with Crippen LogP contribution < -0.4 is 10.5 Å². The number of halogens is 1. The molecule has 0 saturated heterocycles. The molecule has 0 radical (unpaired) electrons. The summed E-state index contributed by atoms with van der Waals surface area (Å²) in [4.78, 5) is 4.20. The van der Waals surface area contributed by atoms with Gasteiger partial charge in [0.15, 0.2) is 11.6 Å². The molecule has 0 unspecified atom stereocenters. The number of nitrogens with zero attached hydrogens (tertiary/aromatic N) is 1. The fourth-order valence-corrected chi connectivity index (χ4v) is 2.42. The third-order valence-corrected chi connectivity index (χ3v) is 3.25. The van der Waals surface area contributed by atoms with Gasteiger partial charge in [0.05, 0.1) is 0 Å². The van der Waals surface area contributed by atoms with Crippen LogP contribution >= 0.6 is 0 Å². The van der Waals surface area contributed by atoms with E-state index in [1.54, 1.807) is 18.3 Å². The molecule has 1 heterocycles. The predicted octanol–water partition coefficient (Wildman–Crippen LogP) is 4.37. The second kappa shape index (κ2) is 5.05. The molecule has 106 valence electrons. The molecule has 0 atom stereocenters. The normalized spacial score (nSPS) is 10.8. The molecule has 0 fully saturated rings. The summed E-state index contributed by atoms with van der Waals surface area (Å²) in [7, 11) is 0. The second-order valence-corrected chi connectivity index (χ2v) is 5.10. The van der Waals surface area contributed by atoms with Gasteiger partial charge < -0.3 is 10.5 Å². The summed E-state index contributed by atoms with van der Waals surface area (Å²) < 4.78 is 20.0. The van der Waals surface area contributed by atoms with E-state index in [1.807, 2.05) is 32.0 Å². The van der Waals surface area contributed by atoms with Crippen molar-refractivity contribution >= 4 is 16.6 Å². The van der Waals surface area contributed by atoms with Gasteiger partial charge in [0.25, 0.3) is 0 Å². The molecule has 0 aliphatic heterocycles. The number of nitrogens with two attached hydrogens (primary N) is 1. The lowest BCUT2D eigenvalue weighted by Crippen LogP contribution is -1.96. The Hall–Kier alpha value is -2.62. The fourth-order valence-electron chi connectivity index (χ4n) is 2.42. The minimum Gasteiger partial charge on any atom is -0.452 e. The minimum atomic E-state index is -0.516. The summed E-state index contributed by atoms with van der Waals surface area (Å²) in [5.74, 6) is 0.172. The largest absolute Gasteiger partial charge is 0.452 e. The second-order valence-electron chi connectivity index (χ2n) is 5.10. The Labute approximate surface area is 122 Å². The third kappa shape index (κ3) is 2.52. The molecule has 0 amide bonds. The van der Waals surface area contributed by atoms with Crippen LogP contribution in [0.15, 0.2) is 42.6 Å². The number of aromatic nitrogens is 1. The summed E-state index contributed by atoms with van der Waals surface area (Å²) in [6, 6.07) is 10.6. The number of hydrogen-bond acceptors (Lipinski definition) is 3. The Kier molecular flexibility index (Phi) is 3.22. The fraction of sp³-hybridized carbons (Fsp3) is 0.118. The molecule has 0 aliphatic carbocycles. The number of benzene rings is 2. The molecule has 0 aliphatic rings. The summed E-state index contributed by atoms with van der Waals surface area (Å²) in [5, 5.41) is 0.679. The lowest BCUT2D eigenvalue weighted by Gasteiger charge is -2.12. The number of fused-ring (bicyclic) bond motifs is 1. The molecular weight excluding hydrogens is 267 g/mol. The van der Waals surface area contributed by atoms with Crippen molar-refractivity contribution in [3.63, 3.8) is 0 Å². The van der Waals surface area contributed by atoms with E-state index >= 15 is 0 Å². The molecule has 1 aromatic heterocycles. The zero-order valence-corrected chi connectivity index (χ0v) is 11.9. The minimum absolute atomic E-state index is 0.102. The Morgan fingerprint density at radius 3 is 2.52 bits per heavy atom. The van der Waals surface area contributed by atoms with Gasteiger partial charge in [-0.25, -0.2) is 4.39 Å². The molecule has 2 aromatic carbocycles. The summed E-state index contributed by atoms with van der Waals surface area (Å²) in [5.41, 5.74) is 8.72. The quantitative estimate of drug-likeness (QED) is 0.710. The predicted molar refractivity (Wildman–Crippen MR) is 82.1 cm³/mol. The van der Waals surface area contributed by atoms with Crippen LogP contribution in [-0.4, -0.2) is 4.98 Å². The highest BCUT2D eigenvalue weighted by Crippen LogP contribution is 2.35. The number of ether oxygens (including phenoxy) is 1. The van der Waals surface area contributed by atoms with Gasteiger partial charge in [-0.2, -0.15) is 0 Å². The van der Waals surface area contributed by atoms with Gasteiger partial charge in [-0.3, -0.25) is 4.98 Å². The van der Waals surface area contributed by atoms with E-state index in [1.165, 1.54) is 6.07 Å². The molecule has 21 heavy (non-hydrogen) atoms. The van der Waals surface area contributed by atoms with Gasteiger partial charge in [0.2, 0.25) is 0 Å². The highest BCUT2D eigenvalue weighted by Gasteiger charge is 2.14. The van der Waals surface area contributed by atoms with Crippen LogP contribution in [-0.2, 0) is 0 Å². The molecular formula is C17H15FN2O. The van der Waals surface area contributed by atoms with E-state index < -0.39 is 5.82 Å². The first kappa shape index (κ1) is 13.4. The summed E-state index contributed by atoms with van der Waals surface area (Å²) >= 11 is 0. The van der Waals surface area contributed by atoms with Crippen LogP contribution in [0.1, 0.15) is 11.1 Å². The molecule has 3 nitrogen and oxygen atoms in total. The van der Waals surface area contributed by atoms with Crippen molar-refractivity contribution < 1.29 is 9.13 Å². The van der Waals surface area contributed by atoms with E-state index in [2.05, 4.69) is 4.98 Å². The zero-order valence-electron chi connectivity index (χ0n) is 11.9. The molecule has 2 N–H and O–H groups in total. The molecule has 3 aromatic rings. The Morgan fingerprint density at radius 1 is 1.10 bits per heavy atom. The Bertz CT molecular complexity index is 810. The first-order chi connectivity index (χ1) is 10.0. The maximum absolute atomic E-state index is 14.2. The van der Waals surface area contributed by atoms with Gasteiger partial charge in [0.1, 0.15) is 11.3 Å². The van der Waals surface area contributed by atoms with Crippen molar-refractivity contribution in [1.29, 1.82) is 0 Å². The van der Waals surface area contributed by atoms with E-state index in [0.717, 1.165) is 11.1 Å². The van der Waals surface area contributed by atoms with Crippen LogP contribution in [0.2, 0.25) is 0 Å². The zero-order chi connectivity index (χ0) is 15.0. The van der Waals surface area contributed by atoms with Gasteiger partial charge in [0, 0.05) is 23.3 Å². The molecule has 0 saturated carbocycles. The van der Waals surface area contributed by atoms with Gasteiger partial charge in [-0.1, -0.05) is 6.07 Å². The van der Waals surface area contributed by atoms with Crippen LogP contribution in [0.3, 0.4) is 0 Å². The number of anilines is 1. The average Bonchev–Trinajstić information content (AvgIpc) is 2.42. The van der Waals surface area contributed by atoms with E-state index in [-0.39, 0.29) is 5.75 Å². The van der Waals surface area contributed by atoms with Crippen molar-refractivity contribution in [3.05, 3.63) is 59.5 Å². The van der Waals surface area contributed by atoms with Crippen molar-refractivity contribution in [1.82, 2.24) is 4.98 Å². The first-order valence-corrected chi connectivity index (χ1v) is 6.63. The lowest BCUT2D eigenvalue weighted by atomic mass is 10.1. The molecule has 0 spiro atoms. The van der Waals surface area contributed by atoms with E-state index in [9.17, 15) is 4.39 Å². The number of nitrogen functional groups attached to an aromatic ring is 1. The molecule has 3 rings (SSSR count). The number of rotatable bonds is 2. The average molecular weight is 282 g/mol. The van der Waals surface area contributed by atoms with Crippen LogP contribution in [0, 0.1) is 19.7 Å². The van der Waals surface area contributed by atoms with Crippen LogP contribution in [0.25, 0.3) is 10.9 Å². The van der Waals surface area contributed by atoms with E-state index in [4.69, 9.17) is 10.5 Å². The maximum atomic E-state index is 14.2. The lowest BCUT2D eigenvalue weighted by molar-refractivity contribution is 0.446. The smallest absolute Gasteiger partial charge is 0.189 e. The monoisotopic (exact) mass is 282 g/mol. The number of pyridine rings is 1. The maximum Gasteiger partial charge on any atom is 0.189 e. The number of aryl methyl sites for hydroxylation is 2.